The van der Waals surface area contributed by atoms with Crippen molar-refractivity contribution in [2.24, 2.45) is 0 Å². The van der Waals surface area contributed by atoms with E-state index in [4.69, 9.17) is 17.3 Å². The Hall–Kier alpha value is -2.59. The zero-order valence-electron chi connectivity index (χ0n) is 11.0. The highest BCUT2D eigenvalue weighted by atomic mass is 35.5. The Balaban J connectivity index is 1.94. The Labute approximate surface area is 126 Å². The van der Waals surface area contributed by atoms with Gasteiger partial charge in [-0.2, -0.15) is 5.10 Å². The zero-order valence-corrected chi connectivity index (χ0v) is 11.8. The van der Waals surface area contributed by atoms with Gasteiger partial charge >= 0.3 is 0 Å². The summed E-state index contributed by atoms with van der Waals surface area (Å²) in [6.45, 7) is 0. The maximum atomic E-state index is 12.4. The van der Waals surface area contributed by atoms with Crippen LogP contribution in [0, 0.1) is 0 Å². The van der Waals surface area contributed by atoms with E-state index in [-0.39, 0.29) is 5.78 Å². The van der Waals surface area contributed by atoms with Crippen LogP contribution in [0.1, 0.15) is 15.9 Å². The molecule has 4 nitrogen and oxygen atoms in total. The molecule has 3 aromatic rings. The van der Waals surface area contributed by atoms with Crippen LogP contribution in [0.5, 0.6) is 0 Å². The van der Waals surface area contributed by atoms with Crippen molar-refractivity contribution in [3.8, 4) is 5.69 Å². The van der Waals surface area contributed by atoms with Gasteiger partial charge in [0.1, 0.15) is 0 Å². The summed E-state index contributed by atoms with van der Waals surface area (Å²) < 4.78 is 1.65. The Morgan fingerprint density at radius 2 is 1.90 bits per heavy atom. The van der Waals surface area contributed by atoms with Gasteiger partial charge < -0.3 is 5.73 Å². The van der Waals surface area contributed by atoms with Crippen LogP contribution in [0.15, 0.2) is 60.9 Å². The van der Waals surface area contributed by atoms with Crippen molar-refractivity contribution in [2.75, 3.05) is 5.73 Å². The summed E-state index contributed by atoms with van der Waals surface area (Å²) in [5.74, 6) is -0.179. The molecular formula is C16H12ClN3O. The molecule has 1 aromatic heterocycles. The first-order valence-electron chi connectivity index (χ1n) is 6.35. The molecule has 0 atom stereocenters. The highest BCUT2D eigenvalue weighted by Crippen LogP contribution is 2.22. The minimum atomic E-state index is -0.179. The van der Waals surface area contributed by atoms with Crippen molar-refractivity contribution in [3.05, 3.63) is 77.1 Å². The number of ketones is 1. The van der Waals surface area contributed by atoms with Crippen LogP contribution in [-0.2, 0) is 0 Å². The van der Waals surface area contributed by atoms with Crippen LogP contribution in [0.2, 0.25) is 5.02 Å². The molecule has 0 aliphatic carbocycles. The fraction of sp³-hybridized carbons (Fsp3) is 0. The van der Waals surface area contributed by atoms with Crippen LogP contribution in [-0.4, -0.2) is 15.6 Å². The number of carbonyl (C=O) groups is 1. The lowest BCUT2D eigenvalue weighted by atomic mass is 10.1. The Bertz CT molecular complexity index is 796. The van der Waals surface area contributed by atoms with Crippen LogP contribution in [0.25, 0.3) is 5.69 Å². The first-order chi connectivity index (χ1) is 10.1. The molecule has 0 aliphatic rings. The quantitative estimate of drug-likeness (QED) is 0.596. The number of aromatic nitrogens is 2. The molecule has 0 aliphatic heterocycles. The fourth-order valence-corrected chi connectivity index (χ4v) is 2.31. The van der Waals surface area contributed by atoms with E-state index in [1.165, 1.54) is 6.20 Å². The number of benzene rings is 2. The molecule has 0 radical (unpaired) electrons. The standard InChI is InChI=1S/C16H12ClN3O/c17-15-8-12(18)6-7-14(15)16(21)11-9-19-20(10-11)13-4-2-1-3-5-13/h1-10H,18H2. The average Bonchev–Trinajstić information content (AvgIpc) is 2.97. The first-order valence-corrected chi connectivity index (χ1v) is 6.73. The van der Waals surface area contributed by atoms with E-state index in [0.717, 1.165) is 5.69 Å². The SMILES string of the molecule is Nc1ccc(C(=O)c2cnn(-c3ccccc3)c2)c(Cl)c1. The van der Waals surface area contributed by atoms with E-state index < -0.39 is 0 Å². The third-order valence-corrected chi connectivity index (χ3v) is 3.42. The number of carbonyl (C=O) groups excluding carboxylic acids is 1. The number of para-hydroxylation sites is 1. The molecule has 0 amide bonds. The van der Waals surface area contributed by atoms with Gasteiger partial charge in [-0.25, -0.2) is 4.68 Å². The smallest absolute Gasteiger partial charge is 0.197 e. The molecule has 0 bridgehead atoms. The van der Waals surface area contributed by atoms with Crippen molar-refractivity contribution >= 4 is 23.1 Å². The summed E-state index contributed by atoms with van der Waals surface area (Å²) in [4.78, 5) is 12.4. The predicted octanol–water partition coefficient (Wildman–Crippen LogP) is 3.34. The van der Waals surface area contributed by atoms with Crippen molar-refractivity contribution in [1.29, 1.82) is 0 Å². The Kier molecular flexibility index (Phi) is 3.46. The zero-order chi connectivity index (χ0) is 14.8. The molecular weight excluding hydrogens is 286 g/mol. The first kappa shape index (κ1) is 13.4. The largest absolute Gasteiger partial charge is 0.399 e. The molecule has 0 unspecified atom stereocenters. The fourth-order valence-electron chi connectivity index (χ4n) is 2.03. The maximum absolute atomic E-state index is 12.4. The molecule has 0 saturated carbocycles. The number of nitrogens with zero attached hydrogens (tertiary/aromatic N) is 2. The molecule has 104 valence electrons. The van der Waals surface area contributed by atoms with Gasteiger partial charge in [0.25, 0.3) is 0 Å². The lowest BCUT2D eigenvalue weighted by Gasteiger charge is -2.02. The van der Waals surface area contributed by atoms with Gasteiger partial charge in [0.15, 0.2) is 5.78 Å². The van der Waals surface area contributed by atoms with E-state index in [2.05, 4.69) is 5.10 Å². The molecule has 2 aromatic carbocycles. The van der Waals surface area contributed by atoms with E-state index in [1.54, 1.807) is 29.1 Å². The number of halogens is 1. The summed E-state index contributed by atoms with van der Waals surface area (Å²) in [6, 6.07) is 14.4. The highest BCUT2D eigenvalue weighted by Gasteiger charge is 2.15. The van der Waals surface area contributed by atoms with Crippen LogP contribution in [0.4, 0.5) is 5.69 Å². The third kappa shape index (κ3) is 2.66. The number of anilines is 1. The number of hydrogen-bond donors (Lipinski definition) is 1. The monoisotopic (exact) mass is 297 g/mol. The molecule has 3 rings (SSSR count). The predicted molar refractivity (Wildman–Crippen MR) is 82.9 cm³/mol. The van der Waals surface area contributed by atoms with Gasteiger partial charge in [0.2, 0.25) is 0 Å². The minimum absolute atomic E-state index is 0.179. The summed E-state index contributed by atoms with van der Waals surface area (Å²) in [5, 5.41) is 4.55. The Morgan fingerprint density at radius 1 is 1.14 bits per heavy atom. The van der Waals surface area contributed by atoms with E-state index in [9.17, 15) is 4.79 Å². The van der Waals surface area contributed by atoms with Gasteiger partial charge in [0, 0.05) is 17.4 Å². The summed E-state index contributed by atoms with van der Waals surface area (Å²) in [6.07, 6.45) is 3.21. The van der Waals surface area contributed by atoms with Crippen LogP contribution < -0.4 is 5.73 Å². The number of nitrogens with two attached hydrogens (primary N) is 1. The third-order valence-electron chi connectivity index (χ3n) is 3.10. The van der Waals surface area contributed by atoms with Crippen LogP contribution in [0.3, 0.4) is 0 Å². The molecule has 1 heterocycles. The maximum Gasteiger partial charge on any atom is 0.197 e. The lowest BCUT2D eigenvalue weighted by molar-refractivity contribution is 0.103. The van der Waals surface area contributed by atoms with Crippen molar-refractivity contribution < 1.29 is 4.79 Å². The van der Waals surface area contributed by atoms with E-state index in [0.29, 0.717) is 21.8 Å². The van der Waals surface area contributed by atoms with Gasteiger partial charge in [-0.05, 0) is 30.3 Å². The van der Waals surface area contributed by atoms with Gasteiger partial charge in [-0.15, -0.1) is 0 Å². The normalized spacial score (nSPS) is 10.5. The molecule has 21 heavy (non-hydrogen) atoms. The molecule has 0 fully saturated rings. The topological polar surface area (TPSA) is 60.9 Å². The van der Waals surface area contributed by atoms with Crippen molar-refractivity contribution in [3.63, 3.8) is 0 Å². The number of hydrogen-bond acceptors (Lipinski definition) is 3. The second-order valence-corrected chi connectivity index (χ2v) is 4.98. The second-order valence-electron chi connectivity index (χ2n) is 4.58. The summed E-state index contributed by atoms with van der Waals surface area (Å²) >= 11 is 6.07. The van der Waals surface area contributed by atoms with Crippen LogP contribution >= 0.6 is 11.6 Å². The molecule has 0 saturated heterocycles. The van der Waals surface area contributed by atoms with Crippen molar-refractivity contribution in [1.82, 2.24) is 9.78 Å². The van der Waals surface area contributed by atoms with E-state index in [1.807, 2.05) is 30.3 Å². The minimum Gasteiger partial charge on any atom is -0.399 e. The van der Waals surface area contributed by atoms with Gasteiger partial charge in [-0.1, -0.05) is 29.8 Å². The summed E-state index contributed by atoms with van der Waals surface area (Å²) in [5.41, 5.74) is 7.94. The average molecular weight is 298 g/mol. The molecule has 5 heteroatoms. The number of rotatable bonds is 3. The van der Waals surface area contributed by atoms with Crippen molar-refractivity contribution in [2.45, 2.75) is 0 Å². The van der Waals surface area contributed by atoms with Gasteiger partial charge in [-0.3, -0.25) is 4.79 Å². The molecule has 0 spiro atoms. The highest BCUT2D eigenvalue weighted by molar-refractivity contribution is 6.35. The Morgan fingerprint density at radius 3 is 2.62 bits per heavy atom. The molecule has 2 N–H and O–H groups in total. The summed E-state index contributed by atoms with van der Waals surface area (Å²) in [7, 11) is 0. The number of nitrogen functional groups attached to an aromatic ring is 1. The van der Waals surface area contributed by atoms with E-state index >= 15 is 0 Å². The van der Waals surface area contributed by atoms with Gasteiger partial charge in [0.05, 0.1) is 22.5 Å². The second kappa shape index (κ2) is 5.42. The lowest BCUT2D eigenvalue weighted by Crippen LogP contribution is -2.02.